The van der Waals surface area contributed by atoms with Crippen LogP contribution in [0.3, 0.4) is 0 Å². The van der Waals surface area contributed by atoms with Crippen LogP contribution in [0.2, 0.25) is 0 Å². The summed E-state index contributed by atoms with van der Waals surface area (Å²) in [5, 5.41) is 5.79. The molecule has 3 rings (SSSR count). The first-order valence-corrected chi connectivity index (χ1v) is 8.83. The third kappa shape index (κ3) is 4.86. The summed E-state index contributed by atoms with van der Waals surface area (Å²) in [7, 11) is 5.21. The minimum Gasteiger partial charge on any atom is -0.465 e. The van der Waals surface area contributed by atoms with E-state index in [9.17, 15) is 9.59 Å². The summed E-state index contributed by atoms with van der Waals surface area (Å²) in [4.78, 5) is 34.6. The van der Waals surface area contributed by atoms with Gasteiger partial charge in [0.2, 0.25) is 0 Å². The van der Waals surface area contributed by atoms with Crippen molar-refractivity contribution in [3.8, 4) is 0 Å². The molecule has 1 amide bonds. The number of amides is 1. The molecule has 0 saturated carbocycles. The molecule has 8 nitrogen and oxygen atoms in total. The van der Waals surface area contributed by atoms with Crippen LogP contribution < -0.4 is 15.5 Å². The van der Waals surface area contributed by atoms with E-state index in [1.807, 2.05) is 43.3 Å². The van der Waals surface area contributed by atoms with Crippen molar-refractivity contribution < 1.29 is 14.3 Å². The molecule has 3 aromatic rings. The van der Waals surface area contributed by atoms with Crippen LogP contribution in [0.1, 0.15) is 20.8 Å². The highest BCUT2D eigenvalue weighted by atomic mass is 16.5. The average molecular weight is 391 g/mol. The number of carbonyl (C=O) groups excluding carboxylic acids is 2. The first kappa shape index (κ1) is 19.8. The number of para-hydroxylation sites is 1. The van der Waals surface area contributed by atoms with Gasteiger partial charge in [0.15, 0.2) is 0 Å². The van der Waals surface area contributed by atoms with Crippen LogP contribution in [0.5, 0.6) is 0 Å². The van der Waals surface area contributed by atoms with Crippen molar-refractivity contribution in [1.29, 1.82) is 0 Å². The summed E-state index contributed by atoms with van der Waals surface area (Å²) < 4.78 is 4.77. The largest absolute Gasteiger partial charge is 0.465 e. The van der Waals surface area contributed by atoms with E-state index in [0.29, 0.717) is 22.8 Å². The maximum Gasteiger partial charge on any atom is 0.339 e. The number of ether oxygens (including phenoxy) is 1. The average Bonchev–Trinajstić information content (AvgIpc) is 2.74. The Morgan fingerprint density at radius 3 is 2.31 bits per heavy atom. The van der Waals surface area contributed by atoms with Gasteiger partial charge in [-0.25, -0.2) is 14.8 Å². The van der Waals surface area contributed by atoms with Gasteiger partial charge in [0.1, 0.15) is 11.5 Å². The molecule has 148 valence electrons. The Bertz CT molecular complexity index is 1000. The Morgan fingerprint density at radius 2 is 1.69 bits per heavy atom. The van der Waals surface area contributed by atoms with Gasteiger partial charge >= 0.3 is 5.97 Å². The van der Waals surface area contributed by atoms with Crippen LogP contribution >= 0.6 is 0 Å². The number of methoxy groups -OCH3 is 1. The minimum absolute atomic E-state index is 0.175. The maximum absolute atomic E-state index is 12.4. The van der Waals surface area contributed by atoms with Crippen LogP contribution in [0.25, 0.3) is 0 Å². The number of esters is 1. The lowest BCUT2D eigenvalue weighted by Crippen LogP contribution is -2.15. The molecule has 0 aliphatic heterocycles. The smallest absolute Gasteiger partial charge is 0.339 e. The molecule has 0 spiro atoms. The monoisotopic (exact) mass is 391 g/mol. The second kappa shape index (κ2) is 8.83. The molecular formula is C21H21N5O3. The second-order valence-corrected chi connectivity index (χ2v) is 6.34. The fourth-order valence-electron chi connectivity index (χ4n) is 2.57. The molecule has 0 atom stereocenters. The summed E-state index contributed by atoms with van der Waals surface area (Å²) >= 11 is 0. The lowest BCUT2D eigenvalue weighted by Gasteiger charge is -2.13. The van der Waals surface area contributed by atoms with E-state index in [0.717, 1.165) is 5.69 Å². The molecule has 8 heteroatoms. The number of hydrogen-bond donors (Lipinski definition) is 2. The van der Waals surface area contributed by atoms with Crippen molar-refractivity contribution in [2.45, 2.75) is 0 Å². The minimum atomic E-state index is -0.461. The molecular weight excluding hydrogens is 370 g/mol. The maximum atomic E-state index is 12.4. The lowest BCUT2D eigenvalue weighted by atomic mass is 10.2. The standard InChI is InChI=1S/C21H21N5O3/c1-26(2)15-10-8-14(9-11-15)24-20(27)18-12-23-19(13-22-18)25-17-7-5-4-6-16(17)21(28)29-3/h4-13H,1-3H3,(H,23,25)(H,24,27). The molecule has 0 fully saturated rings. The fourth-order valence-corrected chi connectivity index (χ4v) is 2.57. The molecule has 0 radical (unpaired) electrons. The second-order valence-electron chi connectivity index (χ2n) is 6.34. The Labute approximate surface area is 168 Å². The highest BCUT2D eigenvalue weighted by molar-refractivity contribution is 6.02. The summed E-state index contributed by atoms with van der Waals surface area (Å²) in [6, 6.07) is 14.4. The number of carbonyl (C=O) groups is 2. The van der Waals surface area contributed by atoms with Crippen LogP contribution in [0.15, 0.2) is 60.9 Å². The van der Waals surface area contributed by atoms with Gasteiger partial charge < -0.3 is 20.3 Å². The van der Waals surface area contributed by atoms with Gasteiger partial charge in [0.05, 0.1) is 30.8 Å². The molecule has 29 heavy (non-hydrogen) atoms. The first-order valence-electron chi connectivity index (χ1n) is 8.83. The van der Waals surface area contributed by atoms with E-state index < -0.39 is 5.97 Å². The quantitative estimate of drug-likeness (QED) is 0.622. The van der Waals surface area contributed by atoms with Crippen molar-refractivity contribution >= 4 is 34.8 Å². The topological polar surface area (TPSA) is 96.4 Å². The Morgan fingerprint density at radius 1 is 0.966 bits per heavy atom. The molecule has 1 heterocycles. The number of anilines is 4. The van der Waals surface area contributed by atoms with E-state index in [1.54, 1.807) is 24.3 Å². The van der Waals surface area contributed by atoms with E-state index in [-0.39, 0.29) is 11.6 Å². The molecule has 0 unspecified atom stereocenters. The molecule has 0 aliphatic carbocycles. The number of nitrogens with one attached hydrogen (secondary N) is 2. The Hall–Kier alpha value is -3.94. The third-order valence-corrected chi connectivity index (χ3v) is 4.12. The Kier molecular flexibility index (Phi) is 6.03. The van der Waals surface area contributed by atoms with E-state index in [2.05, 4.69) is 20.6 Å². The predicted molar refractivity (Wildman–Crippen MR) is 112 cm³/mol. The van der Waals surface area contributed by atoms with Gasteiger partial charge in [-0.15, -0.1) is 0 Å². The van der Waals surface area contributed by atoms with Crippen molar-refractivity contribution in [2.24, 2.45) is 0 Å². The number of benzene rings is 2. The molecule has 0 aliphatic rings. The van der Waals surface area contributed by atoms with Crippen molar-refractivity contribution in [3.05, 3.63) is 72.2 Å². The third-order valence-electron chi connectivity index (χ3n) is 4.12. The van der Waals surface area contributed by atoms with Crippen molar-refractivity contribution in [2.75, 3.05) is 36.7 Å². The van der Waals surface area contributed by atoms with Gasteiger partial charge in [0, 0.05) is 25.5 Å². The summed E-state index contributed by atoms with van der Waals surface area (Å²) in [6.45, 7) is 0. The van der Waals surface area contributed by atoms with Crippen LogP contribution in [0.4, 0.5) is 22.9 Å². The number of rotatable bonds is 6. The summed E-state index contributed by atoms with van der Waals surface area (Å²) in [6.07, 6.45) is 2.80. The molecule has 1 aromatic heterocycles. The SMILES string of the molecule is COC(=O)c1ccccc1Nc1cnc(C(=O)Nc2ccc(N(C)C)cc2)cn1. The highest BCUT2D eigenvalue weighted by Gasteiger charge is 2.13. The number of aromatic nitrogens is 2. The van der Waals surface area contributed by atoms with E-state index in [4.69, 9.17) is 4.74 Å². The molecule has 0 bridgehead atoms. The van der Waals surface area contributed by atoms with Gasteiger partial charge in [-0.3, -0.25) is 4.79 Å². The van der Waals surface area contributed by atoms with Crippen molar-refractivity contribution in [3.63, 3.8) is 0 Å². The molecule has 0 saturated heterocycles. The van der Waals surface area contributed by atoms with Gasteiger partial charge in [-0.05, 0) is 36.4 Å². The summed E-state index contributed by atoms with van der Waals surface area (Å²) in [5.74, 6) is -0.429. The van der Waals surface area contributed by atoms with Gasteiger partial charge in [-0.1, -0.05) is 12.1 Å². The van der Waals surface area contributed by atoms with Crippen molar-refractivity contribution in [1.82, 2.24) is 9.97 Å². The molecule has 2 N–H and O–H groups in total. The van der Waals surface area contributed by atoms with Crippen LogP contribution in [-0.4, -0.2) is 43.0 Å². The Balaban J connectivity index is 1.69. The fraction of sp³-hybridized carbons (Fsp3) is 0.143. The van der Waals surface area contributed by atoms with Gasteiger partial charge in [-0.2, -0.15) is 0 Å². The molecule has 2 aromatic carbocycles. The highest BCUT2D eigenvalue weighted by Crippen LogP contribution is 2.20. The van der Waals surface area contributed by atoms with Gasteiger partial charge in [0.25, 0.3) is 5.91 Å². The zero-order valence-electron chi connectivity index (χ0n) is 16.3. The van der Waals surface area contributed by atoms with Crippen LogP contribution in [-0.2, 0) is 4.74 Å². The number of nitrogens with zero attached hydrogens (tertiary/aromatic N) is 3. The van der Waals surface area contributed by atoms with E-state index >= 15 is 0 Å². The van der Waals surface area contributed by atoms with Crippen LogP contribution in [0, 0.1) is 0 Å². The number of hydrogen-bond acceptors (Lipinski definition) is 7. The van der Waals surface area contributed by atoms with E-state index in [1.165, 1.54) is 19.5 Å². The summed E-state index contributed by atoms with van der Waals surface area (Å²) in [5.41, 5.74) is 2.78. The predicted octanol–water partition coefficient (Wildman–Crippen LogP) is 3.33. The zero-order valence-corrected chi connectivity index (χ0v) is 16.3. The normalized spacial score (nSPS) is 10.2. The first-order chi connectivity index (χ1) is 14.0. The lowest BCUT2D eigenvalue weighted by molar-refractivity contribution is 0.0601. The zero-order chi connectivity index (χ0) is 20.8.